The highest BCUT2D eigenvalue weighted by atomic mass is 35.5. The summed E-state index contributed by atoms with van der Waals surface area (Å²) < 4.78 is 7.15. The molecule has 0 saturated carbocycles. The Morgan fingerprint density at radius 3 is 2.96 bits per heavy atom. The third-order valence-electron chi connectivity index (χ3n) is 3.88. The number of unbranched alkanes of at least 4 members (excludes halogenated alkanes) is 1. The molecule has 0 spiro atoms. The molecule has 1 N–H and O–H groups in total. The summed E-state index contributed by atoms with van der Waals surface area (Å²) in [7, 11) is 0. The number of aromatic nitrogens is 3. The number of hydrogen-bond acceptors (Lipinski definition) is 3. The van der Waals surface area contributed by atoms with E-state index >= 15 is 0 Å². The molecule has 3 rings (SSSR count). The lowest BCUT2D eigenvalue weighted by Crippen LogP contribution is -2.21. The van der Waals surface area contributed by atoms with Gasteiger partial charge < -0.3 is 9.72 Å². The van der Waals surface area contributed by atoms with Crippen molar-refractivity contribution in [3.05, 3.63) is 39.9 Å². The van der Waals surface area contributed by atoms with Gasteiger partial charge in [0.05, 0.1) is 11.3 Å². The van der Waals surface area contributed by atoms with Gasteiger partial charge in [-0.25, -0.2) is 4.98 Å². The SMILES string of the molecule is CCCCOCCCn1cnc2c([nH]c3cccc(Cl)c32)c1=O. The lowest BCUT2D eigenvalue weighted by molar-refractivity contribution is 0.125. The van der Waals surface area contributed by atoms with E-state index in [-0.39, 0.29) is 5.56 Å². The van der Waals surface area contributed by atoms with E-state index in [1.165, 1.54) is 0 Å². The van der Waals surface area contributed by atoms with Gasteiger partial charge in [0, 0.05) is 30.7 Å². The first-order chi connectivity index (χ1) is 11.2. The minimum absolute atomic E-state index is 0.0733. The van der Waals surface area contributed by atoms with E-state index in [2.05, 4.69) is 16.9 Å². The van der Waals surface area contributed by atoms with Gasteiger partial charge in [0.15, 0.2) is 0 Å². The van der Waals surface area contributed by atoms with E-state index in [1.54, 1.807) is 17.0 Å². The summed E-state index contributed by atoms with van der Waals surface area (Å²) in [6, 6.07) is 5.55. The zero-order valence-electron chi connectivity index (χ0n) is 13.1. The molecular weight excluding hydrogens is 314 g/mol. The number of aromatic amines is 1. The number of nitrogens with zero attached hydrogens (tertiary/aromatic N) is 2. The monoisotopic (exact) mass is 333 g/mol. The second kappa shape index (κ2) is 7.15. The summed E-state index contributed by atoms with van der Waals surface area (Å²) in [6.45, 7) is 4.17. The van der Waals surface area contributed by atoms with Crippen molar-refractivity contribution in [2.75, 3.05) is 13.2 Å². The first-order valence-corrected chi connectivity index (χ1v) is 8.33. The van der Waals surface area contributed by atoms with Crippen LogP contribution in [0, 0.1) is 0 Å². The Morgan fingerprint density at radius 1 is 1.30 bits per heavy atom. The van der Waals surface area contributed by atoms with Gasteiger partial charge in [-0.3, -0.25) is 9.36 Å². The van der Waals surface area contributed by atoms with Crippen LogP contribution in [0.15, 0.2) is 29.3 Å². The Kier molecular flexibility index (Phi) is 4.98. The summed E-state index contributed by atoms with van der Waals surface area (Å²) in [6.07, 6.45) is 4.58. The summed E-state index contributed by atoms with van der Waals surface area (Å²) in [4.78, 5) is 20.1. The van der Waals surface area contributed by atoms with Crippen LogP contribution in [0.3, 0.4) is 0 Å². The smallest absolute Gasteiger partial charge is 0.277 e. The van der Waals surface area contributed by atoms with Crippen molar-refractivity contribution in [3.63, 3.8) is 0 Å². The molecule has 3 aromatic rings. The fourth-order valence-electron chi connectivity index (χ4n) is 2.64. The van der Waals surface area contributed by atoms with Gasteiger partial charge in [0.2, 0.25) is 0 Å². The zero-order valence-corrected chi connectivity index (χ0v) is 13.9. The molecule has 0 fully saturated rings. The maximum absolute atomic E-state index is 12.6. The molecule has 6 heteroatoms. The molecule has 2 heterocycles. The second-order valence-electron chi connectivity index (χ2n) is 5.57. The van der Waals surface area contributed by atoms with E-state index in [1.807, 2.05) is 12.1 Å². The van der Waals surface area contributed by atoms with Gasteiger partial charge in [-0.05, 0) is 25.0 Å². The van der Waals surface area contributed by atoms with Gasteiger partial charge in [-0.1, -0.05) is 31.0 Å². The van der Waals surface area contributed by atoms with Crippen LogP contribution in [0.4, 0.5) is 0 Å². The highest BCUT2D eigenvalue weighted by Gasteiger charge is 2.12. The number of fused-ring (bicyclic) bond motifs is 3. The fourth-order valence-corrected chi connectivity index (χ4v) is 2.90. The Morgan fingerprint density at radius 2 is 2.13 bits per heavy atom. The molecule has 1 aromatic carbocycles. The molecule has 0 aliphatic heterocycles. The number of halogens is 1. The number of rotatable bonds is 7. The molecule has 0 amide bonds. The molecule has 0 unspecified atom stereocenters. The second-order valence-corrected chi connectivity index (χ2v) is 5.98. The Bertz CT molecular complexity index is 869. The van der Waals surface area contributed by atoms with Crippen LogP contribution in [0.1, 0.15) is 26.2 Å². The largest absolute Gasteiger partial charge is 0.381 e. The van der Waals surface area contributed by atoms with Gasteiger partial charge in [0.1, 0.15) is 11.0 Å². The molecule has 0 aliphatic rings. The third kappa shape index (κ3) is 3.26. The van der Waals surface area contributed by atoms with E-state index in [0.717, 1.165) is 36.8 Å². The first-order valence-electron chi connectivity index (χ1n) is 7.95. The Balaban J connectivity index is 1.81. The van der Waals surface area contributed by atoms with Crippen LogP contribution in [0.2, 0.25) is 5.02 Å². The molecule has 0 aliphatic carbocycles. The molecule has 5 nitrogen and oxygen atoms in total. The van der Waals surface area contributed by atoms with E-state index in [0.29, 0.717) is 29.2 Å². The number of nitrogens with one attached hydrogen (secondary N) is 1. The van der Waals surface area contributed by atoms with Crippen molar-refractivity contribution in [1.82, 2.24) is 14.5 Å². The number of benzene rings is 1. The lowest BCUT2D eigenvalue weighted by Gasteiger charge is -2.06. The van der Waals surface area contributed by atoms with Gasteiger partial charge in [-0.15, -0.1) is 0 Å². The fraction of sp³-hybridized carbons (Fsp3) is 0.412. The van der Waals surface area contributed by atoms with Crippen molar-refractivity contribution in [3.8, 4) is 0 Å². The van der Waals surface area contributed by atoms with Crippen molar-refractivity contribution in [2.24, 2.45) is 0 Å². The summed E-state index contributed by atoms with van der Waals surface area (Å²) in [5.41, 5.74) is 1.89. The number of H-pyrrole nitrogens is 1. The Labute approximate surface area is 139 Å². The average molecular weight is 334 g/mol. The average Bonchev–Trinajstić information content (AvgIpc) is 2.93. The molecular formula is C17H20ClN3O2. The highest BCUT2D eigenvalue weighted by molar-refractivity contribution is 6.37. The topological polar surface area (TPSA) is 59.9 Å². The summed E-state index contributed by atoms with van der Waals surface area (Å²) in [5, 5.41) is 1.40. The molecule has 23 heavy (non-hydrogen) atoms. The van der Waals surface area contributed by atoms with Gasteiger partial charge >= 0.3 is 0 Å². The van der Waals surface area contributed by atoms with E-state index in [4.69, 9.17) is 16.3 Å². The van der Waals surface area contributed by atoms with Crippen LogP contribution in [-0.4, -0.2) is 27.7 Å². The lowest BCUT2D eigenvalue weighted by atomic mass is 10.2. The maximum Gasteiger partial charge on any atom is 0.277 e. The molecule has 0 radical (unpaired) electrons. The van der Waals surface area contributed by atoms with Crippen molar-refractivity contribution < 1.29 is 4.74 Å². The number of ether oxygens (including phenoxy) is 1. The summed E-state index contributed by atoms with van der Waals surface area (Å²) >= 11 is 6.23. The van der Waals surface area contributed by atoms with Crippen LogP contribution in [0.25, 0.3) is 21.9 Å². The minimum Gasteiger partial charge on any atom is -0.381 e. The normalized spacial score (nSPS) is 11.6. The van der Waals surface area contributed by atoms with E-state index < -0.39 is 0 Å². The molecule has 2 aromatic heterocycles. The zero-order chi connectivity index (χ0) is 16.2. The standard InChI is InChI=1S/C17H20ClN3O2/c1-2-3-9-23-10-5-8-21-11-19-15-14-12(18)6-4-7-13(14)20-16(15)17(21)22/h4,6-7,11,20H,2-3,5,8-10H2,1H3. The molecule has 0 bridgehead atoms. The van der Waals surface area contributed by atoms with Crippen LogP contribution in [-0.2, 0) is 11.3 Å². The van der Waals surface area contributed by atoms with E-state index in [9.17, 15) is 4.79 Å². The van der Waals surface area contributed by atoms with Crippen LogP contribution in [0.5, 0.6) is 0 Å². The van der Waals surface area contributed by atoms with Crippen molar-refractivity contribution in [1.29, 1.82) is 0 Å². The summed E-state index contributed by atoms with van der Waals surface area (Å²) in [5.74, 6) is 0. The van der Waals surface area contributed by atoms with Crippen LogP contribution >= 0.6 is 11.6 Å². The van der Waals surface area contributed by atoms with Gasteiger partial charge in [-0.2, -0.15) is 0 Å². The highest BCUT2D eigenvalue weighted by Crippen LogP contribution is 2.28. The molecule has 0 atom stereocenters. The third-order valence-corrected chi connectivity index (χ3v) is 4.19. The first kappa shape index (κ1) is 16.0. The number of hydrogen-bond donors (Lipinski definition) is 1. The quantitative estimate of drug-likeness (QED) is 0.670. The predicted octanol–water partition coefficient (Wildman–Crippen LogP) is 3.74. The van der Waals surface area contributed by atoms with Crippen LogP contribution < -0.4 is 5.56 Å². The predicted molar refractivity (Wildman–Crippen MR) is 93.2 cm³/mol. The number of aryl methyl sites for hydroxylation is 1. The minimum atomic E-state index is -0.0733. The molecule has 0 saturated heterocycles. The van der Waals surface area contributed by atoms with Gasteiger partial charge in [0.25, 0.3) is 5.56 Å². The van der Waals surface area contributed by atoms with Crippen molar-refractivity contribution >= 4 is 33.5 Å². The molecule has 122 valence electrons. The van der Waals surface area contributed by atoms with Crippen molar-refractivity contribution in [2.45, 2.75) is 32.7 Å². The maximum atomic E-state index is 12.6. The Hall–Kier alpha value is -1.85.